The SMILES string of the molecule is COc1ccc(C=CCN)cc1Br. The number of methoxy groups -OCH3 is 1. The summed E-state index contributed by atoms with van der Waals surface area (Å²) >= 11 is 3.41. The van der Waals surface area contributed by atoms with E-state index in [2.05, 4.69) is 15.9 Å². The molecule has 0 spiro atoms. The molecule has 1 rings (SSSR count). The van der Waals surface area contributed by atoms with Gasteiger partial charge in [-0.15, -0.1) is 0 Å². The van der Waals surface area contributed by atoms with Crippen molar-refractivity contribution in [2.24, 2.45) is 5.73 Å². The zero-order valence-electron chi connectivity index (χ0n) is 7.46. The Balaban J connectivity index is 2.89. The Morgan fingerprint density at radius 3 is 2.85 bits per heavy atom. The predicted molar refractivity (Wildman–Crippen MR) is 58.8 cm³/mol. The fraction of sp³-hybridized carbons (Fsp3) is 0.200. The molecule has 0 fully saturated rings. The molecule has 0 heterocycles. The van der Waals surface area contributed by atoms with E-state index in [-0.39, 0.29) is 0 Å². The van der Waals surface area contributed by atoms with Gasteiger partial charge in [-0.1, -0.05) is 18.2 Å². The molecular weight excluding hydrogens is 230 g/mol. The number of rotatable bonds is 3. The van der Waals surface area contributed by atoms with Gasteiger partial charge in [0.05, 0.1) is 11.6 Å². The topological polar surface area (TPSA) is 35.2 Å². The Morgan fingerprint density at radius 1 is 1.54 bits per heavy atom. The molecule has 2 nitrogen and oxygen atoms in total. The third kappa shape index (κ3) is 2.86. The van der Waals surface area contributed by atoms with Crippen molar-refractivity contribution in [2.75, 3.05) is 13.7 Å². The van der Waals surface area contributed by atoms with Crippen molar-refractivity contribution in [1.29, 1.82) is 0 Å². The third-order valence-corrected chi connectivity index (χ3v) is 2.24. The Morgan fingerprint density at radius 2 is 2.31 bits per heavy atom. The molecule has 0 amide bonds. The predicted octanol–water partition coefficient (Wildman–Crippen LogP) is 2.43. The standard InChI is InChI=1S/C10H12BrNO/c1-13-10-5-4-8(3-2-6-12)7-9(10)11/h2-5,7H,6,12H2,1H3. The van der Waals surface area contributed by atoms with Gasteiger partial charge in [-0.25, -0.2) is 0 Å². The molecular formula is C10H12BrNO. The van der Waals surface area contributed by atoms with E-state index >= 15 is 0 Å². The quantitative estimate of drug-likeness (QED) is 0.883. The van der Waals surface area contributed by atoms with Crippen LogP contribution in [0.5, 0.6) is 5.75 Å². The van der Waals surface area contributed by atoms with Gasteiger partial charge in [0.1, 0.15) is 5.75 Å². The Bertz CT molecular complexity index is 310. The van der Waals surface area contributed by atoms with Crippen molar-refractivity contribution in [3.8, 4) is 5.75 Å². The van der Waals surface area contributed by atoms with Gasteiger partial charge in [-0.05, 0) is 33.6 Å². The number of halogens is 1. The van der Waals surface area contributed by atoms with Gasteiger partial charge in [0.15, 0.2) is 0 Å². The first kappa shape index (κ1) is 10.3. The monoisotopic (exact) mass is 241 g/mol. The maximum atomic E-state index is 5.35. The van der Waals surface area contributed by atoms with Crippen molar-refractivity contribution in [3.63, 3.8) is 0 Å². The van der Waals surface area contributed by atoms with E-state index in [0.29, 0.717) is 6.54 Å². The summed E-state index contributed by atoms with van der Waals surface area (Å²) in [6.07, 6.45) is 3.89. The van der Waals surface area contributed by atoms with Gasteiger partial charge in [-0.2, -0.15) is 0 Å². The summed E-state index contributed by atoms with van der Waals surface area (Å²) in [4.78, 5) is 0. The van der Waals surface area contributed by atoms with Crippen LogP contribution < -0.4 is 10.5 Å². The van der Waals surface area contributed by atoms with Crippen molar-refractivity contribution in [1.82, 2.24) is 0 Å². The van der Waals surface area contributed by atoms with E-state index in [4.69, 9.17) is 10.5 Å². The summed E-state index contributed by atoms with van der Waals surface area (Å²) < 4.78 is 6.06. The van der Waals surface area contributed by atoms with Gasteiger partial charge in [0.2, 0.25) is 0 Å². The van der Waals surface area contributed by atoms with Crippen molar-refractivity contribution in [2.45, 2.75) is 0 Å². The molecule has 0 saturated heterocycles. The second kappa shape index (κ2) is 5.04. The average molecular weight is 242 g/mol. The van der Waals surface area contributed by atoms with Gasteiger partial charge in [0, 0.05) is 6.54 Å². The van der Waals surface area contributed by atoms with Crippen LogP contribution >= 0.6 is 15.9 Å². The fourth-order valence-electron chi connectivity index (χ4n) is 0.990. The number of benzene rings is 1. The van der Waals surface area contributed by atoms with Crippen LogP contribution in [0.3, 0.4) is 0 Å². The van der Waals surface area contributed by atoms with Crippen LogP contribution in [-0.4, -0.2) is 13.7 Å². The van der Waals surface area contributed by atoms with Gasteiger partial charge >= 0.3 is 0 Å². The zero-order chi connectivity index (χ0) is 9.68. The first-order valence-electron chi connectivity index (χ1n) is 3.98. The molecule has 0 radical (unpaired) electrons. The summed E-state index contributed by atoms with van der Waals surface area (Å²) in [6, 6.07) is 5.89. The van der Waals surface area contributed by atoms with Crippen LogP contribution in [0, 0.1) is 0 Å². The van der Waals surface area contributed by atoms with Crippen LogP contribution in [0.15, 0.2) is 28.7 Å². The first-order chi connectivity index (χ1) is 6.27. The van der Waals surface area contributed by atoms with Crippen LogP contribution in [-0.2, 0) is 0 Å². The highest BCUT2D eigenvalue weighted by Gasteiger charge is 1.98. The summed E-state index contributed by atoms with van der Waals surface area (Å²) in [5.41, 5.74) is 6.46. The zero-order valence-corrected chi connectivity index (χ0v) is 9.04. The van der Waals surface area contributed by atoms with E-state index in [1.54, 1.807) is 7.11 Å². The number of hydrogen-bond donors (Lipinski definition) is 1. The molecule has 3 heteroatoms. The van der Waals surface area contributed by atoms with E-state index < -0.39 is 0 Å². The normalized spacial score (nSPS) is 10.7. The number of ether oxygens (including phenoxy) is 1. The lowest BCUT2D eigenvalue weighted by Crippen LogP contribution is -1.92. The van der Waals surface area contributed by atoms with Crippen LogP contribution in [0.1, 0.15) is 5.56 Å². The molecule has 70 valence electrons. The van der Waals surface area contributed by atoms with Gasteiger partial charge in [-0.3, -0.25) is 0 Å². The lowest BCUT2D eigenvalue weighted by atomic mass is 10.2. The summed E-state index contributed by atoms with van der Waals surface area (Å²) in [6.45, 7) is 0.559. The highest BCUT2D eigenvalue weighted by Crippen LogP contribution is 2.25. The van der Waals surface area contributed by atoms with Crippen molar-refractivity contribution >= 4 is 22.0 Å². The van der Waals surface area contributed by atoms with Crippen molar-refractivity contribution in [3.05, 3.63) is 34.3 Å². The van der Waals surface area contributed by atoms with E-state index in [1.807, 2.05) is 30.4 Å². The third-order valence-electron chi connectivity index (χ3n) is 1.62. The highest BCUT2D eigenvalue weighted by atomic mass is 79.9. The minimum absolute atomic E-state index is 0.559. The van der Waals surface area contributed by atoms with E-state index in [1.165, 1.54) is 0 Å². The molecule has 0 atom stereocenters. The lowest BCUT2D eigenvalue weighted by molar-refractivity contribution is 0.412. The van der Waals surface area contributed by atoms with Crippen LogP contribution in [0.4, 0.5) is 0 Å². The molecule has 0 aromatic heterocycles. The summed E-state index contributed by atoms with van der Waals surface area (Å²) in [7, 11) is 1.65. The second-order valence-corrected chi connectivity index (χ2v) is 3.39. The highest BCUT2D eigenvalue weighted by molar-refractivity contribution is 9.10. The second-order valence-electron chi connectivity index (χ2n) is 2.53. The van der Waals surface area contributed by atoms with Crippen LogP contribution in [0.25, 0.3) is 6.08 Å². The number of hydrogen-bond acceptors (Lipinski definition) is 2. The smallest absolute Gasteiger partial charge is 0.133 e. The molecule has 2 N–H and O–H groups in total. The first-order valence-corrected chi connectivity index (χ1v) is 4.77. The molecule has 0 bridgehead atoms. The maximum Gasteiger partial charge on any atom is 0.133 e. The Labute approximate surface area is 86.5 Å². The molecule has 0 unspecified atom stereocenters. The molecule has 13 heavy (non-hydrogen) atoms. The summed E-state index contributed by atoms with van der Waals surface area (Å²) in [5, 5.41) is 0. The van der Waals surface area contributed by atoms with Gasteiger partial charge in [0.25, 0.3) is 0 Å². The minimum atomic E-state index is 0.559. The molecule has 0 aliphatic rings. The van der Waals surface area contributed by atoms with Gasteiger partial charge < -0.3 is 10.5 Å². The van der Waals surface area contributed by atoms with E-state index in [0.717, 1.165) is 15.8 Å². The molecule has 1 aromatic carbocycles. The number of nitrogens with two attached hydrogens (primary N) is 1. The fourth-order valence-corrected chi connectivity index (χ4v) is 1.55. The molecule has 0 aliphatic carbocycles. The Kier molecular flexibility index (Phi) is 3.99. The summed E-state index contributed by atoms with van der Waals surface area (Å²) in [5.74, 6) is 0.838. The molecule has 0 aliphatic heterocycles. The van der Waals surface area contributed by atoms with Crippen molar-refractivity contribution < 1.29 is 4.74 Å². The maximum absolute atomic E-state index is 5.35. The minimum Gasteiger partial charge on any atom is -0.496 e. The molecule has 1 aromatic rings. The molecule has 0 saturated carbocycles. The lowest BCUT2D eigenvalue weighted by Gasteiger charge is -2.02. The average Bonchev–Trinajstić information content (AvgIpc) is 2.15. The Hall–Kier alpha value is -0.800. The van der Waals surface area contributed by atoms with Crippen LogP contribution in [0.2, 0.25) is 0 Å². The largest absolute Gasteiger partial charge is 0.496 e. The van der Waals surface area contributed by atoms with E-state index in [9.17, 15) is 0 Å².